The molecule has 2 aromatic heterocycles. The summed E-state index contributed by atoms with van der Waals surface area (Å²) in [6, 6.07) is 2.60. The van der Waals surface area contributed by atoms with Crippen LogP contribution in [0.25, 0.3) is 10.9 Å². The number of nitrogens with zero attached hydrogens (tertiary/aromatic N) is 3. The molecule has 0 radical (unpaired) electrons. The summed E-state index contributed by atoms with van der Waals surface area (Å²) in [5.41, 5.74) is -4.07. The largest absolute Gasteiger partial charge is 0.384 e. The summed E-state index contributed by atoms with van der Waals surface area (Å²) in [5.74, 6) is -4.56. The number of hydrogen-bond acceptors (Lipinski definition) is 5. The van der Waals surface area contributed by atoms with Crippen molar-refractivity contribution in [2.24, 2.45) is 5.92 Å². The summed E-state index contributed by atoms with van der Waals surface area (Å²) in [6.45, 7) is 5.09. The van der Waals surface area contributed by atoms with Crippen LogP contribution in [-0.2, 0) is 5.92 Å². The van der Waals surface area contributed by atoms with Gasteiger partial charge in [-0.15, -0.1) is 0 Å². The van der Waals surface area contributed by atoms with E-state index in [2.05, 4.69) is 15.3 Å². The molecule has 1 unspecified atom stereocenters. The third-order valence-corrected chi connectivity index (χ3v) is 7.75. The molecule has 0 aliphatic heterocycles. The van der Waals surface area contributed by atoms with Gasteiger partial charge in [-0.05, 0) is 52.5 Å². The first kappa shape index (κ1) is 24.7. The molecule has 2 atom stereocenters. The summed E-state index contributed by atoms with van der Waals surface area (Å²) >= 11 is 0. The van der Waals surface area contributed by atoms with Gasteiger partial charge in [-0.3, -0.25) is 4.79 Å². The van der Waals surface area contributed by atoms with E-state index >= 15 is 4.39 Å². The van der Waals surface area contributed by atoms with E-state index in [1.807, 2.05) is 0 Å². The maximum atomic E-state index is 15.3. The lowest BCUT2D eigenvalue weighted by molar-refractivity contribution is -0.170. The molecule has 6 rings (SSSR count). The Kier molecular flexibility index (Phi) is 5.48. The fourth-order valence-electron chi connectivity index (χ4n) is 5.60. The lowest BCUT2D eigenvalue weighted by Crippen LogP contribution is -2.41. The van der Waals surface area contributed by atoms with E-state index in [1.54, 1.807) is 24.6 Å². The number of rotatable bonds is 6. The molecule has 0 amide bonds. The Bertz CT molecular complexity index is 1410. The van der Waals surface area contributed by atoms with Crippen molar-refractivity contribution in [3.8, 4) is 0 Å². The normalized spacial score (nSPS) is 24.6. The van der Waals surface area contributed by atoms with Gasteiger partial charge in [0.2, 0.25) is 0 Å². The van der Waals surface area contributed by atoms with Gasteiger partial charge in [0.25, 0.3) is 5.56 Å². The molecule has 0 saturated heterocycles. The topological polar surface area (TPSA) is 80.0 Å². The fraction of sp³-hybridized carbons (Fsp3) is 0.500. The maximum absolute atomic E-state index is 15.3. The van der Waals surface area contributed by atoms with Gasteiger partial charge in [0.15, 0.2) is 0 Å². The molecule has 2 bridgehead atoms. The summed E-state index contributed by atoms with van der Waals surface area (Å²) in [4.78, 5) is 21.6. The first-order chi connectivity index (χ1) is 16.7. The van der Waals surface area contributed by atoms with Gasteiger partial charge in [0.05, 0.1) is 22.5 Å². The van der Waals surface area contributed by atoms with E-state index in [9.17, 15) is 23.1 Å². The Morgan fingerprint density at radius 3 is 2.53 bits per heavy atom. The second kappa shape index (κ2) is 7.99. The highest BCUT2D eigenvalue weighted by atomic mass is 19.3. The van der Waals surface area contributed by atoms with Crippen LogP contribution >= 0.6 is 0 Å². The Balaban J connectivity index is 1.54. The molecule has 3 aliphatic rings. The predicted molar refractivity (Wildman–Crippen MR) is 127 cm³/mol. The van der Waals surface area contributed by atoms with Crippen molar-refractivity contribution in [3.05, 3.63) is 63.6 Å². The quantitative estimate of drug-likeness (QED) is 0.443. The second-order valence-corrected chi connectivity index (χ2v) is 10.7. The number of benzene rings is 1. The number of fused-ring (bicyclic) bond motifs is 2. The molecule has 192 valence electrons. The molecule has 3 aliphatic carbocycles. The molecule has 2 N–H and O–H groups in total. The number of nitrogens with one attached hydrogen (secondary N) is 1. The molecule has 36 heavy (non-hydrogen) atoms. The van der Waals surface area contributed by atoms with E-state index in [0.717, 1.165) is 19.9 Å². The van der Waals surface area contributed by atoms with Crippen molar-refractivity contribution in [1.29, 1.82) is 0 Å². The summed E-state index contributed by atoms with van der Waals surface area (Å²) in [5, 5.41) is 13.5. The molecular formula is C26H28F4N4O2. The van der Waals surface area contributed by atoms with Gasteiger partial charge in [0.1, 0.15) is 29.2 Å². The highest BCUT2D eigenvalue weighted by molar-refractivity contribution is 5.90. The van der Waals surface area contributed by atoms with Crippen LogP contribution in [0.1, 0.15) is 68.8 Å². The molecule has 3 saturated carbocycles. The van der Waals surface area contributed by atoms with E-state index < -0.39 is 34.6 Å². The monoisotopic (exact) mass is 504 g/mol. The van der Waals surface area contributed by atoms with E-state index in [0.29, 0.717) is 35.1 Å². The predicted octanol–water partition coefficient (Wildman–Crippen LogP) is 5.34. The average Bonchev–Trinajstić information content (AvgIpc) is 3.29. The standard InChI is InChI=1S/C26H28F4N4O2/c1-13-21-17(11-34(23(13)35)19-10-25(28)8-15(19)9-25)22(32-12-31-21)33-14(2)16-6-5-7-18(20(16)27)26(29,30)24(3,4)36/h5-7,11-12,14-15,19,36H,8-10H2,1-4H3,(H,31,32,33)/t14-,15?,19?,25?/m1/s1. The fourth-order valence-corrected chi connectivity index (χ4v) is 5.60. The Morgan fingerprint density at radius 1 is 1.22 bits per heavy atom. The van der Waals surface area contributed by atoms with Crippen molar-refractivity contribution in [2.75, 3.05) is 5.32 Å². The first-order valence-corrected chi connectivity index (χ1v) is 11.9. The van der Waals surface area contributed by atoms with Crippen LogP contribution in [0, 0.1) is 18.7 Å². The maximum Gasteiger partial charge on any atom is 0.303 e. The summed E-state index contributed by atoms with van der Waals surface area (Å²) < 4.78 is 60.9. The zero-order valence-corrected chi connectivity index (χ0v) is 20.4. The Morgan fingerprint density at radius 2 is 1.92 bits per heavy atom. The molecule has 6 nitrogen and oxygen atoms in total. The number of aryl methyl sites for hydroxylation is 1. The van der Waals surface area contributed by atoms with Gasteiger partial charge >= 0.3 is 5.92 Å². The van der Waals surface area contributed by atoms with Crippen molar-refractivity contribution in [1.82, 2.24) is 14.5 Å². The average molecular weight is 505 g/mol. The number of halogens is 4. The lowest BCUT2D eigenvalue weighted by Gasteiger charge is -2.30. The summed E-state index contributed by atoms with van der Waals surface area (Å²) in [6.07, 6.45) is 4.05. The highest BCUT2D eigenvalue weighted by Crippen LogP contribution is 2.59. The third kappa shape index (κ3) is 3.68. The van der Waals surface area contributed by atoms with Gasteiger partial charge in [0, 0.05) is 29.8 Å². The molecule has 3 fully saturated rings. The number of anilines is 1. The third-order valence-electron chi connectivity index (χ3n) is 7.75. The number of pyridine rings is 1. The molecule has 0 spiro atoms. The minimum atomic E-state index is -3.82. The van der Waals surface area contributed by atoms with Crippen LogP contribution in [0.3, 0.4) is 0 Å². The highest BCUT2D eigenvalue weighted by Gasteiger charge is 2.57. The van der Waals surface area contributed by atoms with Crippen molar-refractivity contribution < 1.29 is 22.7 Å². The lowest BCUT2D eigenvalue weighted by atomic mass is 9.81. The number of aliphatic hydroxyl groups is 1. The van der Waals surface area contributed by atoms with Gasteiger partial charge < -0.3 is 15.0 Å². The summed E-state index contributed by atoms with van der Waals surface area (Å²) in [7, 11) is 0. The SMILES string of the molecule is Cc1c(=O)n(C2CC3(F)CC2C3)cc2c(N[C@H](C)c3cccc(C(F)(F)C(C)(C)O)c3F)ncnc12. The Hall–Kier alpha value is -3.01. The van der Waals surface area contributed by atoms with Crippen molar-refractivity contribution in [3.63, 3.8) is 0 Å². The molecule has 3 aromatic rings. The van der Waals surface area contributed by atoms with Gasteiger partial charge in [-0.25, -0.2) is 18.7 Å². The second-order valence-electron chi connectivity index (χ2n) is 10.7. The van der Waals surface area contributed by atoms with E-state index in [4.69, 9.17) is 0 Å². The molecule has 10 heteroatoms. The van der Waals surface area contributed by atoms with Crippen LogP contribution in [0.4, 0.5) is 23.4 Å². The van der Waals surface area contributed by atoms with Crippen LogP contribution < -0.4 is 10.9 Å². The Labute approximate surface area is 205 Å². The number of aromatic nitrogens is 3. The van der Waals surface area contributed by atoms with Crippen LogP contribution in [0.15, 0.2) is 35.5 Å². The molecular weight excluding hydrogens is 476 g/mol. The van der Waals surface area contributed by atoms with Crippen LogP contribution in [0.2, 0.25) is 0 Å². The number of alkyl halides is 3. The first-order valence-electron chi connectivity index (χ1n) is 11.9. The van der Waals surface area contributed by atoms with Crippen LogP contribution in [0.5, 0.6) is 0 Å². The van der Waals surface area contributed by atoms with Gasteiger partial charge in [-0.1, -0.05) is 12.1 Å². The molecule has 2 heterocycles. The zero-order valence-electron chi connectivity index (χ0n) is 20.4. The van der Waals surface area contributed by atoms with E-state index in [-0.39, 0.29) is 29.5 Å². The number of hydrogen-bond donors (Lipinski definition) is 2. The van der Waals surface area contributed by atoms with E-state index in [1.165, 1.54) is 18.5 Å². The van der Waals surface area contributed by atoms with Crippen LogP contribution in [-0.4, -0.2) is 30.9 Å². The smallest absolute Gasteiger partial charge is 0.303 e. The van der Waals surface area contributed by atoms with Gasteiger partial charge in [-0.2, -0.15) is 8.78 Å². The minimum Gasteiger partial charge on any atom is -0.384 e. The van der Waals surface area contributed by atoms with Crippen molar-refractivity contribution >= 4 is 16.7 Å². The molecule has 1 aromatic carbocycles. The van der Waals surface area contributed by atoms with Crippen molar-refractivity contribution in [2.45, 2.75) is 76.2 Å². The minimum absolute atomic E-state index is 0.0378. The zero-order chi connectivity index (χ0) is 26.2.